The first-order valence-electron chi connectivity index (χ1n) is 6.71. The summed E-state index contributed by atoms with van der Waals surface area (Å²) >= 11 is 1.14. The normalized spacial score (nSPS) is 12.8. The molecule has 0 fully saturated rings. The first kappa shape index (κ1) is 17.5. The summed E-state index contributed by atoms with van der Waals surface area (Å²) < 4.78 is 35.8. The molecule has 1 aromatic heterocycles. The number of nitrogens with two attached hydrogens (primary N) is 1. The molecule has 2 rings (SSSR count). The molecule has 0 radical (unpaired) electrons. The number of aromatic nitrogens is 1. The molecule has 6 nitrogen and oxygen atoms in total. The van der Waals surface area contributed by atoms with Gasteiger partial charge >= 0.3 is 0 Å². The molecule has 23 heavy (non-hydrogen) atoms. The summed E-state index contributed by atoms with van der Waals surface area (Å²) in [6.07, 6.45) is 1.11. The minimum absolute atomic E-state index is 0.0240. The van der Waals surface area contributed by atoms with Crippen LogP contribution in [0.3, 0.4) is 0 Å². The average Bonchev–Trinajstić information content (AvgIpc) is 2.92. The highest BCUT2D eigenvalue weighted by molar-refractivity contribution is 7.90. The molecule has 1 atom stereocenters. The second-order valence-corrected chi connectivity index (χ2v) is 8.15. The molecule has 124 valence electrons. The molecule has 1 unspecified atom stereocenters. The SMILES string of the molecule is CS(=O)(=O)CCC(N)C(=O)Nc1nc(-c2ccccc2F)cs1. The van der Waals surface area contributed by atoms with Gasteiger partial charge in [0.05, 0.1) is 17.5 Å². The van der Waals surface area contributed by atoms with Gasteiger partial charge in [0, 0.05) is 17.2 Å². The van der Waals surface area contributed by atoms with Crippen LogP contribution in [-0.4, -0.2) is 37.4 Å². The molecule has 0 aliphatic rings. The summed E-state index contributed by atoms with van der Waals surface area (Å²) in [5, 5.41) is 4.42. The Kier molecular flexibility index (Phi) is 5.45. The monoisotopic (exact) mass is 357 g/mol. The van der Waals surface area contributed by atoms with E-state index in [1.165, 1.54) is 6.07 Å². The van der Waals surface area contributed by atoms with Gasteiger partial charge in [-0.05, 0) is 18.6 Å². The standard InChI is InChI=1S/C14H16FN3O3S2/c1-23(20,21)7-6-11(16)13(19)18-14-17-12(8-22-14)9-4-2-3-5-10(9)15/h2-5,8,11H,6-7,16H2,1H3,(H,17,18,19). The number of nitrogens with one attached hydrogen (secondary N) is 1. The number of thiazole rings is 1. The number of hydrogen-bond donors (Lipinski definition) is 2. The van der Waals surface area contributed by atoms with E-state index in [9.17, 15) is 17.6 Å². The number of sulfone groups is 1. The number of carbonyl (C=O) groups excluding carboxylic acids is 1. The van der Waals surface area contributed by atoms with Crippen molar-refractivity contribution in [3.05, 3.63) is 35.5 Å². The molecule has 9 heteroatoms. The summed E-state index contributed by atoms with van der Waals surface area (Å²) in [6.45, 7) is 0. The van der Waals surface area contributed by atoms with Gasteiger partial charge in [-0.2, -0.15) is 0 Å². The summed E-state index contributed by atoms with van der Waals surface area (Å²) in [5.74, 6) is -1.09. The molecular weight excluding hydrogens is 341 g/mol. The lowest BCUT2D eigenvalue weighted by Crippen LogP contribution is -2.37. The van der Waals surface area contributed by atoms with E-state index in [2.05, 4.69) is 10.3 Å². The van der Waals surface area contributed by atoms with Crippen LogP contribution in [0.15, 0.2) is 29.6 Å². The summed E-state index contributed by atoms with van der Waals surface area (Å²) in [5.41, 5.74) is 6.40. The van der Waals surface area contributed by atoms with E-state index < -0.39 is 27.6 Å². The van der Waals surface area contributed by atoms with Gasteiger partial charge < -0.3 is 11.1 Å². The summed E-state index contributed by atoms with van der Waals surface area (Å²) in [6, 6.07) is 5.23. The second-order valence-electron chi connectivity index (χ2n) is 5.03. The van der Waals surface area contributed by atoms with Gasteiger partial charge in [0.1, 0.15) is 15.7 Å². The molecule has 2 aromatic rings. The Morgan fingerprint density at radius 3 is 2.78 bits per heavy atom. The maximum absolute atomic E-state index is 13.7. The third-order valence-electron chi connectivity index (χ3n) is 3.02. The molecule has 0 bridgehead atoms. The minimum atomic E-state index is -3.18. The maximum atomic E-state index is 13.7. The van der Waals surface area contributed by atoms with Crippen molar-refractivity contribution in [3.63, 3.8) is 0 Å². The Morgan fingerprint density at radius 2 is 2.13 bits per heavy atom. The van der Waals surface area contributed by atoms with Gasteiger partial charge in [0.25, 0.3) is 0 Å². The predicted molar refractivity (Wildman–Crippen MR) is 88.4 cm³/mol. The Labute approximate surface area is 137 Å². The van der Waals surface area contributed by atoms with E-state index in [0.29, 0.717) is 11.3 Å². The van der Waals surface area contributed by atoms with Crippen LogP contribution in [0.1, 0.15) is 6.42 Å². The zero-order chi connectivity index (χ0) is 17.0. The van der Waals surface area contributed by atoms with E-state index in [1.807, 2.05) is 0 Å². The quantitative estimate of drug-likeness (QED) is 0.818. The Balaban J connectivity index is 2.02. The number of carbonyl (C=O) groups is 1. The fraction of sp³-hybridized carbons (Fsp3) is 0.286. The predicted octanol–water partition coefficient (Wildman–Crippen LogP) is 1.65. The van der Waals surface area contributed by atoms with Crippen molar-refractivity contribution in [2.45, 2.75) is 12.5 Å². The number of anilines is 1. The maximum Gasteiger partial charge on any atom is 0.243 e. The molecule has 1 aromatic carbocycles. The third kappa shape index (κ3) is 5.08. The molecule has 1 amide bonds. The minimum Gasteiger partial charge on any atom is -0.320 e. The van der Waals surface area contributed by atoms with E-state index >= 15 is 0 Å². The molecule has 0 saturated carbocycles. The molecule has 3 N–H and O–H groups in total. The van der Waals surface area contributed by atoms with Crippen molar-refractivity contribution >= 4 is 32.2 Å². The second kappa shape index (κ2) is 7.16. The summed E-state index contributed by atoms with van der Waals surface area (Å²) in [7, 11) is -3.18. The van der Waals surface area contributed by atoms with Crippen molar-refractivity contribution in [2.75, 3.05) is 17.3 Å². The van der Waals surface area contributed by atoms with Crippen LogP contribution in [0, 0.1) is 5.82 Å². The first-order valence-corrected chi connectivity index (χ1v) is 9.65. The van der Waals surface area contributed by atoms with Gasteiger partial charge in [-0.1, -0.05) is 12.1 Å². The van der Waals surface area contributed by atoms with Crippen LogP contribution in [-0.2, 0) is 14.6 Å². The van der Waals surface area contributed by atoms with E-state index in [4.69, 9.17) is 5.73 Å². The largest absolute Gasteiger partial charge is 0.320 e. The number of hydrogen-bond acceptors (Lipinski definition) is 6. The number of halogens is 1. The average molecular weight is 357 g/mol. The number of benzene rings is 1. The van der Waals surface area contributed by atoms with Crippen LogP contribution < -0.4 is 11.1 Å². The Hall–Kier alpha value is -1.84. The highest BCUT2D eigenvalue weighted by atomic mass is 32.2. The first-order chi connectivity index (χ1) is 10.8. The number of amides is 1. The fourth-order valence-electron chi connectivity index (χ4n) is 1.79. The fourth-order valence-corrected chi connectivity index (χ4v) is 3.19. The highest BCUT2D eigenvalue weighted by Gasteiger charge is 2.18. The van der Waals surface area contributed by atoms with Gasteiger partial charge in [-0.15, -0.1) is 11.3 Å². The smallest absolute Gasteiger partial charge is 0.243 e. The third-order valence-corrected chi connectivity index (χ3v) is 4.76. The summed E-state index contributed by atoms with van der Waals surface area (Å²) in [4.78, 5) is 16.0. The van der Waals surface area contributed by atoms with Crippen molar-refractivity contribution in [1.29, 1.82) is 0 Å². The van der Waals surface area contributed by atoms with Gasteiger partial charge in [0.2, 0.25) is 5.91 Å². The lowest BCUT2D eigenvalue weighted by molar-refractivity contribution is -0.117. The number of nitrogens with zero attached hydrogens (tertiary/aromatic N) is 1. The van der Waals surface area contributed by atoms with Gasteiger partial charge in [-0.3, -0.25) is 4.79 Å². The van der Waals surface area contributed by atoms with Crippen LogP contribution >= 0.6 is 11.3 Å². The highest BCUT2D eigenvalue weighted by Crippen LogP contribution is 2.26. The van der Waals surface area contributed by atoms with Gasteiger partial charge in [-0.25, -0.2) is 17.8 Å². The van der Waals surface area contributed by atoms with E-state index in [0.717, 1.165) is 17.6 Å². The lowest BCUT2D eigenvalue weighted by Gasteiger charge is -2.09. The van der Waals surface area contributed by atoms with Gasteiger partial charge in [0.15, 0.2) is 5.13 Å². The molecule has 0 aliphatic carbocycles. The molecule has 1 heterocycles. The van der Waals surface area contributed by atoms with Crippen molar-refractivity contribution in [3.8, 4) is 11.3 Å². The van der Waals surface area contributed by atoms with Crippen LogP contribution in [0.25, 0.3) is 11.3 Å². The zero-order valence-corrected chi connectivity index (χ0v) is 14.0. The number of rotatable bonds is 6. The van der Waals surface area contributed by atoms with Crippen LogP contribution in [0.5, 0.6) is 0 Å². The Bertz CT molecular complexity index is 805. The van der Waals surface area contributed by atoms with E-state index in [-0.39, 0.29) is 17.3 Å². The molecule has 0 saturated heterocycles. The van der Waals surface area contributed by atoms with Crippen molar-refractivity contribution < 1.29 is 17.6 Å². The Morgan fingerprint density at radius 1 is 1.43 bits per heavy atom. The van der Waals surface area contributed by atoms with E-state index in [1.54, 1.807) is 23.6 Å². The molecule has 0 spiro atoms. The van der Waals surface area contributed by atoms with Crippen molar-refractivity contribution in [1.82, 2.24) is 4.98 Å². The zero-order valence-electron chi connectivity index (χ0n) is 12.3. The lowest BCUT2D eigenvalue weighted by atomic mass is 10.2. The molecule has 0 aliphatic heterocycles. The molecular formula is C14H16FN3O3S2. The topological polar surface area (TPSA) is 102 Å². The van der Waals surface area contributed by atoms with Crippen molar-refractivity contribution in [2.24, 2.45) is 5.73 Å². The van der Waals surface area contributed by atoms with Crippen LogP contribution in [0.4, 0.5) is 9.52 Å². The van der Waals surface area contributed by atoms with Crippen LogP contribution in [0.2, 0.25) is 0 Å².